The smallest absolute Gasteiger partial charge is 0.145 e. The molecule has 0 heterocycles. The quantitative estimate of drug-likeness (QED) is 0.778. The van der Waals surface area contributed by atoms with Crippen molar-refractivity contribution in [3.05, 3.63) is 58.9 Å². The van der Waals surface area contributed by atoms with Crippen molar-refractivity contribution in [1.82, 2.24) is 5.32 Å². The van der Waals surface area contributed by atoms with Gasteiger partial charge in [0.2, 0.25) is 0 Å². The summed E-state index contributed by atoms with van der Waals surface area (Å²) in [5, 5.41) is 3.52. The van der Waals surface area contributed by atoms with Gasteiger partial charge in [-0.05, 0) is 49.7 Å². The molecule has 0 aromatic heterocycles. The number of ether oxygens (including phenoxy) is 1. The van der Waals surface area contributed by atoms with E-state index in [0.717, 1.165) is 13.0 Å². The first-order valence-electron chi connectivity index (χ1n) is 7.06. The van der Waals surface area contributed by atoms with Crippen molar-refractivity contribution in [1.29, 1.82) is 0 Å². The lowest BCUT2D eigenvalue weighted by Gasteiger charge is -2.14. The molecule has 0 aliphatic heterocycles. The molecule has 1 N–H and O–H groups in total. The van der Waals surface area contributed by atoms with E-state index in [1.807, 2.05) is 24.3 Å². The molecule has 0 amide bonds. The summed E-state index contributed by atoms with van der Waals surface area (Å²) in [5.74, 6) is 0.619. The van der Waals surface area contributed by atoms with Crippen molar-refractivity contribution in [3.8, 4) is 11.5 Å². The average molecular weight is 308 g/mol. The van der Waals surface area contributed by atoms with Crippen LogP contribution in [0.1, 0.15) is 31.9 Å². The first-order chi connectivity index (χ1) is 10.1. The van der Waals surface area contributed by atoms with Gasteiger partial charge in [-0.2, -0.15) is 0 Å². The minimum absolute atomic E-state index is 0.0912. The first kappa shape index (κ1) is 15.8. The average Bonchev–Trinajstić information content (AvgIpc) is 2.49. The van der Waals surface area contributed by atoms with Crippen LogP contribution in [0.2, 0.25) is 5.02 Å². The molecular formula is C17H19ClFNO. The molecular weight excluding hydrogens is 289 g/mol. The van der Waals surface area contributed by atoms with Crippen LogP contribution in [0.3, 0.4) is 0 Å². The van der Waals surface area contributed by atoms with Gasteiger partial charge in [0.25, 0.3) is 0 Å². The second-order valence-electron chi connectivity index (χ2n) is 4.92. The fraction of sp³-hybridized carbons (Fsp3) is 0.294. The minimum Gasteiger partial charge on any atom is -0.457 e. The van der Waals surface area contributed by atoms with E-state index in [1.165, 1.54) is 17.7 Å². The molecule has 0 radical (unpaired) electrons. The van der Waals surface area contributed by atoms with Gasteiger partial charge in [-0.25, -0.2) is 4.39 Å². The molecule has 1 atom stereocenters. The van der Waals surface area contributed by atoms with Crippen LogP contribution in [0, 0.1) is 5.82 Å². The summed E-state index contributed by atoms with van der Waals surface area (Å²) in [6, 6.07) is 12.5. The maximum absolute atomic E-state index is 13.4. The molecule has 112 valence electrons. The number of hydrogen-bond acceptors (Lipinski definition) is 2. The Balaban J connectivity index is 2.03. The van der Waals surface area contributed by atoms with E-state index >= 15 is 0 Å². The zero-order valence-electron chi connectivity index (χ0n) is 12.2. The largest absolute Gasteiger partial charge is 0.457 e. The number of halogens is 2. The van der Waals surface area contributed by atoms with Crippen molar-refractivity contribution in [2.45, 2.75) is 26.3 Å². The van der Waals surface area contributed by atoms with E-state index in [-0.39, 0.29) is 5.02 Å². The van der Waals surface area contributed by atoms with E-state index in [4.69, 9.17) is 16.3 Å². The van der Waals surface area contributed by atoms with Crippen molar-refractivity contribution in [3.63, 3.8) is 0 Å². The second kappa shape index (κ2) is 7.43. The summed E-state index contributed by atoms with van der Waals surface area (Å²) >= 11 is 5.64. The normalized spacial score (nSPS) is 12.2. The van der Waals surface area contributed by atoms with Gasteiger partial charge in [0.1, 0.15) is 17.3 Å². The summed E-state index contributed by atoms with van der Waals surface area (Å²) < 4.78 is 19.0. The van der Waals surface area contributed by atoms with Crippen molar-refractivity contribution < 1.29 is 9.13 Å². The summed E-state index contributed by atoms with van der Waals surface area (Å²) in [7, 11) is 0. The maximum Gasteiger partial charge on any atom is 0.145 e. The Bertz CT molecular complexity index is 586. The summed E-state index contributed by atoms with van der Waals surface area (Å²) in [6.07, 6.45) is 1.10. The lowest BCUT2D eigenvalue weighted by molar-refractivity contribution is 0.476. The highest BCUT2D eigenvalue weighted by molar-refractivity contribution is 6.30. The molecule has 0 spiro atoms. The summed E-state index contributed by atoms with van der Waals surface area (Å²) in [5.41, 5.74) is 1.19. The minimum atomic E-state index is -0.483. The first-order valence-corrected chi connectivity index (χ1v) is 7.44. The maximum atomic E-state index is 13.4. The standard InChI is InChI=1S/C17H19ClFNO/c1-3-10-20-12(2)13-4-6-14(7-5-13)21-15-8-9-16(18)17(19)11-15/h4-9,11-12,20H,3,10H2,1-2H3. The predicted octanol–water partition coefficient (Wildman–Crippen LogP) is 5.33. The Labute approximate surface area is 129 Å². The van der Waals surface area contributed by atoms with Crippen LogP contribution in [-0.4, -0.2) is 6.54 Å². The highest BCUT2D eigenvalue weighted by Crippen LogP contribution is 2.26. The molecule has 0 saturated heterocycles. The second-order valence-corrected chi connectivity index (χ2v) is 5.33. The Hall–Kier alpha value is -1.58. The Morgan fingerprint density at radius 3 is 2.43 bits per heavy atom. The molecule has 2 rings (SSSR count). The lowest BCUT2D eigenvalue weighted by atomic mass is 10.1. The van der Waals surface area contributed by atoms with Crippen LogP contribution < -0.4 is 10.1 Å². The summed E-state index contributed by atoms with van der Waals surface area (Å²) in [4.78, 5) is 0. The number of hydrogen-bond donors (Lipinski definition) is 1. The van der Waals surface area contributed by atoms with Gasteiger partial charge >= 0.3 is 0 Å². The number of nitrogens with one attached hydrogen (secondary N) is 1. The van der Waals surface area contributed by atoms with Crippen LogP contribution in [0.25, 0.3) is 0 Å². The third-order valence-corrected chi connectivity index (χ3v) is 3.51. The molecule has 21 heavy (non-hydrogen) atoms. The molecule has 0 bridgehead atoms. The third kappa shape index (κ3) is 4.45. The lowest BCUT2D eigenvalue weighted by Crippen LogP contribution is -2.19. The van der Waals surface area contributed by atoms with E-state index in [9.17, 15) is 4.39 Å². The van der Waals surface area contributed by atoms with E-state index in [2.05, 4.69) is 19.2 Å². The molecule has 2 aromatic rings. The van der Waals surface area contributed by atoms with E-state index in [1.54, 1.807) is 6.07 Å². The van der Waals surface area contributed by atoms with E-state index < -0.39 is 5.82 Å². The van der Waals surface area contributed by atoms with Crippen LogP contribution in [0.5, 0.6) is 11.5 Å². The zero-order valence-corrected chi connectivity index (χ0v) is 13.0. The monoisotopic (exact) mass is 307 g/mol. The SMILES string of the molecule is CCCNC(C)c1ccc(Oc2ccc(Cl)c(F)c2)cc1. The number of benzene rings is 2. The van der Waals surface area contributed by atoms with Gasteiger partial charge in [-0.3, -0.25) is 0 Å². The topological polar surface area (TPSA) is 21.3 Å². The van der Waals surface area contributed by atoms with Crippen LogP contribution in [0.4, 0.5) is 4.39 Å². The van der Waals surface area contributed by atoms with Gasteiger partial charge in [-0.1, -0.05) is 30.7 Å². The number of rotatable bonds is 6. The molecule has 2 nitrogen and oxygen atoms in total. The van der Waals surface area contributed by atoms with E-state index in [0.29, 0.717) is 17.5 Å². The van der Waals surface area contributed by atoms with Gasteiger partial charge in [0.05, 0.1) is 5.02 Å². The van der Waals surface area contributed by atoms with Crippen molar-refractivity contribution in [2.24, 2.45) is 0 Å². The van der Waals surface area contributed by atoms with Crippen molar-refractivity contribution in [2.75, 3.05) is 6.54 Å². The third-order valence-electron chi connectivity index (χ3n) is 3.21. The Kier molecular flexibility index (Phi) is 5.59. The van der Waals surface area contributed by atoms with Crippen molar-refractivity contribution >= 4 is 11.6 Å². The van der Waals surface area contributed by atoms with Gasteiger partial charge in [-0.15, -0.1) is 0 Å². The molecule has 0 fully saturated rings. The highest BCUT2D eigenvalue weighted by atomic mass is 35.5. The van der Waals surface area contributed by atoms with Gasteiger partial charge < -0.3 is 10.1 Å². The van der Waals surface area contributed by atoms with Gasteiger partial charge in [0, 0.05) is 12.1 Å². The predicted molar refractivity (Wildman–Crippen MR) is 84.6 cm³/mol. The molecule has 1 unspecified atom stereocenters. The fourth-order valence-corrected chi connectivity index (χ4v) is 2.10. The fourth-order valence-electron chi connectivity index (χ4n) is 1.98. The molecule has 0 saturated carbocycles. The summed E-state index contributed by atoms with van der Waals surface area (Å²) in [6.45, 7) is 5.26. The Morgan fingerprint density at radius 2 is 1.81 bits per heavy atom. The highest BCUT2D eigenvalue weighted by Gasteiger charge is 2.06. The van der Waals surface area contributed by atoms with Gasteiger partial charge in [0.15, 0.2) is 0 Å². The molecule has 0 aliphatic rings. The Morgan fingerprint density at radius 1 is 1.14 bits per heavy atom. The molecule has 4 heteroatoms. The molecule has 0 aliphatic carbocycles. The van der Waals surface area contributed by atoms with Crippen LogP contribution >= 0.6 is 11.6 Å². The zero-order chi connectivity index (χ0) is 15.2. The van der Waals surface area contributed by atoms with Crippen LogP contribution in [-0.2, 0) is 0 Å². The van der Waals surface area contributed by atoms with Crippen LogP contribution in [0.15, 0.2) is 42.5 Å². The molecule has 2 aromatic carbocycles.